The minimum Gasteiger partial charge on any atom is -0.288 e. The first-order chi connectivity index (χ1) is 10.2. The Labute approximate surface area is 126 Å². The number of hydrogen-bond acceptors (Lipinski definition) is 4. The monoisotopic (exact) mass is 298 g/mol. The molecular formula is C15H11ClN4O. The highest BCUT2D eigenvalue weighted by Gasteiger charge is 2.18. The summed E-state index contributed by atoms with van der Waals surface area (Å²) in [5, 5.41) is 8.19. The highest BCUT2D eigenvalue weighted by molar-refractivity contribution is 6.35. The molecule has 0 amide bonds. The summed E-state index contributed by atoms with van der Waals surface area (Å²) in [4.78, 5) is 16.8. The number of pyridine rings is 1. The summed E-state index contributed by atoms with van der Waals surface area (Å²) in [6.45, 7) is 1.81. The molecule has 0 aliphatic carbocycles. The molecule has 6 heteroatoms. The largest absolute Gasteiger partial charge is 0.288 e. The van der Waals surface area contributed by atoms with Crippen molar-refractivity contribution in [2.24, 2.45) is 0 Å². The second-order valence-corrected chi connectivity index (χ2v) is 4.86. The zero-order chi connectivity index (χ0) is 14.8. The Morgan fingerprint density at radius 3 is 2.71 bits per heavy atom. The van der Waals surface area contributed by atoms with Gasteiger partial charge in [0.05, 0.1) is 16.9 Å². The van der Waals surface area contributed by atoms with Gasteiger partial charge in [-0.25, -0.2) is 0 Å². The van der Waals surface area contributed by atoms with Crippen molar-refractivity contribution in [1.29, 1.82) is 0 Å². The summed E-state index contributed by atoms with van der Waals surface area (Å²) in [7, 11) is 0. The molecule has 2 aromatic heterocycles. The van der Waals surface area contributed by atoms with Crippen LogP contribution in [0.15, 0.2) is 49.1 Å². The van der Waals surface area contributed by atoms with E-state index >= 15 is 0 Å². The Morgan fingerprint density at radius 1 is 1.19 bits per heavy atom. The molecule has 0 unspecified atom stereocenters. The Balaban J connectivity index is 2.14. The highest BCUT2D eigenvalue weighted by Crippen LogP contribution is 2.22. The fourth-order valence-corrected chi connectivity index (χ4v) is 2.31. The van der Waals surface area contributed by atoms with Gasteiger partial charge >= 0.3 is 0 Å². The lowest BCUT2D eigenvalue weighted by molar-refractivity contribution is 0.103. The van der Waals surface area contributed by atoms with Crippen molar-refractivity contribution >= 4 is 17.4 Å². The van der Waals surface area contributed by atoms with Gasteiger partial charge in [-0.3, -0.25) is 14.3 Å². The van der Waals surface area contributed by atoms with Crippen molar-refractivity contribution in [3.8, 4) is 5.69 Å². The number of carbonyl (C=O) groups excluding carboxylic acids is 1. The van der Waals surface area contributed by atoms with E-state index in [1.807, 2.05) is 6.92 Å². The van der Waals surface area contributed by atoms with Gasteiger partial charge in [0.15, 0.2) is 5.78 Å². The summed E-state index contributed by atoms with van der Waals surface area (Å²) >= 11 is 6.11. The number of aryl methyl sites for hydroxylation is 1. The smallest absolute Gasteiger partial charge is 0.196 e. The molecule has 0 atom stereocenters. The van der Waals surface area contributed by atoms with E-state index in [0.29, 0.717) is 27.7 Å². The van der Waals surface area contributed by atoms with Crippen LogP contribution in [0, 0.1) is 6.92 Å². The average molecular weight is 299 g/mol. The molecule has 0 saturated heterocycles. The quantitative estimate of drug-likeness (QED) is 0.698. The lowest BCUT2D eigenvalue weighted by atomic mass is 10.0. The number of ketones is 1. The van der Waals surface area contributed by atoms with Crippen LogP contribution in [0.4, 0.5) is 0 Å². The zero-order valence-electron chi connectivity index (χ0n) is 11.2. The summed E-state index contributed by atoms with van der Waals surface area (Å²) in [5.74, 6) is 0.516. The van der Waals surface area contributed by atoms with Crippen LogP contribution in [0.2, 0.25) is 5.02 Å². The number of carbonyl (C=O) groups is 1. The summed E-state index contributed by atoms with van der Waals surface area (Å²) in [6, 6.07) is 8.63. The molecule has 21 heavy (non-hydrogen) atoms. The van der Waals surface area contributed by atoms with Crippen LogP contribution in [0.1, 0.15) is 21.7 Å². The molecule has 3 rings (SSSR count). The van der Waals surface area contributed by atoms with Gasteiger partial charge < -0.3 is 0 Å². The van der Waals surface area contributed by atoms with Crippen molar-refractivity contribution in [1.82, 2.24) is 19.7 Å². The third-order valence-corrected chi connectivity index (χ3v) is 3.47. The molecule has 0 fully saturated rings. The standard InChI is InChI=1S/C15H11ClN4O/c1-10-19-18-9-20(10)14-8-17-7-6-12(14)15(21)11-4-2-3-5-13(11)16/h2-9H,1H3. The molecule has 0 aliphatic rings. The van der Waals surface area contributed by atoms with E-state index in [4.69, 9.17) is 11.6 Å². The van der Waals surface area contributed by atoms with Gasteiger partial charge in [0, 0.05) is 17.3 Å². The molecule has 1 aromatic carbocycles. The first kappa shape index (κ1) is 13.5. The predicted molar refractivity (Wildman–Crippen MR) is 78.8 cm³/mol. The molecule has 0 bridgehead atoms. The molecule has 0 radical (unpaired) electrons. The van der Waals surface area contributed by atoms with Gasteiger partial charge in [0.1, 0.15) is 12.2 Å². The lowest BCUT2D eigenvalue weighted by Crippen LogP contribution is -2.09. The van der Waals surface area contributed by atoms with Crippen molar-refractivity contribution in [3.05, 3.63) is 71.0 Å². The SMILES string of the molecule is Cc1nncn1-c1cnccc1C(=O)c1ccccc1Cl. The van der Waals surface area contributed by atoms with Crippen LogP contribution in [0.25, 0.3) is 5.69 Å². The van der Waals surface area contributed by atoms with Gasteiger partial charge in [0.25, 0.3) is 0 Å². The number of aromatic nitrogens is 4. The van der Waals surface area contributed by atoms with Crippen molar-refractivity contribution in [3.63, 3.8) is 0 Å². The van der Waals surface area contributed by atoms with E-state index in [0.717, 1.165) is 0 Å². The zero-order valence-corrected chi connectivity index (χ0v) is 11.9. The van der Waals surface area contributed by atoms with Crippen molar-refractivity contribution < 1.29 is 4.79 Å². The van der Waals surface area contributed by atoms with E-state index in [2.05, 4.69) is 15.2 Å². The highest BCUT2D eigenvalue weighted by atomic mass is 35.5. The normalized spacial score (nSPS) is 10.6. The number of benzene rings is 1. The maximum Gasteiger partial charge on any atom is 0.196 e. The summed E-state index contributed by atoms with van der Waals surface area (Å²) in [6.07, 6.45) is 4.74. The van der Waals surface area contributed by atoms with Crippen molar-refractivity contribution in [2.75, 3.05) is 0 Å². The predicted octanol–water partition coefficient (Wildman–Crippen LogP) is 2.86. The molecule has 104 valence electrons. The van der Waals surface area contributed by atoms with Gasteiger partial charge in [-0.1, -0.05) is 23.7 Å². The fraction of sp³-hybridized carbons (Fsp3) is 0.0667. The third kappa shape index (κ3) is 2.43. The minimum absolute atomic E-state index is 0.161. The Kier molecular flexibility index (Phi) is 3.50. The fourth-order valence-electron chi connectivity index (χ4n) is 2.09. The maximum absolute atomic E-state index is 12.7. The lowest BCUT2D eigenvalue weighted by Gasteiger charge is -2.10. The van der Waals surface area contributed by atoms with E-state index in [9.17, 15) is 4.79 Å². The summed E-state index contributed by atoms with van der Waals surface area (Å²) < 4.78 is 1.72. The first-order valence-corrected chi connectivity index (χ1v) is 6.66. The topological polar surface area (TPSA) is 60.7 Å². The van der Waals surface area contributed by atoms with E-state index in [-0.39, 0.29) is 5.78 Å². The number of hydrogen-bond donors (Lipinski definition) is 0. The average Bonchev–Trinajstić information content (AvgIpc) is 2.93. The molecule has 0 N–H and O–H groups in total. The van der Waals surface area contributed by atoms with E-state index in [1.165, 1.54) is 0 Å². The molecular weight excluding hydrogens is 288 g/mol. The van der Waals surface area contributed by atoms with E-state index in [1.54, 1.807) is 53.6 Å². The Bertz CT molecular complexity index is 813. The molecule has 0 aliphatic heterocycles. The van der Waals surface area contributed by atoms with Crippen LogP contribution in [-0.2, 0) is 0 Å². The second kappa shape index (κ2) is 5.46. The van der Waals surface area contributed by atoms with Crippen LogP contribution in [-0.4, -0.2) is 25.5 Å². The Morgan fingerprint density at radius 2 is 2.00 bits per heavy atom. The van der Waals surface area contributed by atoms with E-state index < -0.39 is 0 Å². The third-order valence-electron chi connectivity index (χ3n) is 3.14. The van der Waals surface area contributed by atoms with Crippen molar-refractivity contribution in [2.45, 2.75) is 6.92 Å². The van der Waals surface area contributed by atoms with Crippen LogP contribution >= 0.6 is 11.6 Å². The van der Waals surface area contributed by atoms with Gasteiger partial charge in [0.2, 0.25) is 0 Å². The molecule has 5 nitrogen and oxygen atoms in total. The van der Waals surface area contributed by atoms with Gasteiger partial charge in [-0.05, 0) is 25.1 Å². The number of halogens is 1. The number of rotatable bonds is 3. The summed E-state index contributed by atoms with van der Waals surface area (Å²) in [5.41, 5.74) is 1.59. The van der Waals surface area contributed by atoms with Crippen LogP contribution in [0.3, 0.4) is 0 Å². The molecule has 0 spiro atoms. The molecule has 2 heterocycles. The first-order valence-electron chi connectivity index (χ1n) is 6.28. The van der Waals surface area contributed by atoms with Gasteiger partial charge in [-0.15, -0.1) is 10.2 Å². The van der Waals surface area contributed by atoms with Crippen LogP contribution < -0.4 is 0 Å². The van der Waals surface area contributed by atoms with Crippen LogP contribution in [0.5, 0.6) is 0 Å². The van der Waals surface area contributed by atoms with Gasteiger partial charge in [-0.2, -0.15) is 0 Å². The minimum atomic E-state index is -0.161. The maximum atomic E-state index is 12.7. The molecule has 3 aromatic rings. The second-order valence-electron chi connectivity index (χ2n) is 4.45. The Hall–Kier alpha value is -2.53. The molecule has 0 saturated carbocycles. The number of nitrogens with zero attached hydrogens (tertiary/aromatic N) is 4.